The zero-order valence-electron chi connectivity index (χ0n) is 19.1. The molecule has 0 aliphatic carbocycles. The van der Waals surface area contributed by atoms with Crippen molar-refractivity contribution in [2.24, 2.45) is 0 Å². The van der Waals surface area contributed by atoms with Gasteiger partial charge < -0.3 is 0 Å². The molecular formula is C29H19N7. The van der Waals surface area contributed by atoms with Gasteiger partial charge in [-0.25, -0.2) is 9.97 Å². The molecule has 7 rings (SSSR count). The predicted octanol–water partition coefficient (Wildman–Crippen LogP) is 5.88. The van der Waals surface area contributed by atoms with Crippen LogP contribution in [0.25, 0.3) is 56.2 Å². The topological polar surface area (TPSA) is 74.3 Å². The molecule has 7 nitrogen and oxygen atoms in total. The second-order valence-electron chi connectivity index (χ2n) is 8.39. The summed E-state index contributed by atoms with van der Waals surface area (Å²) in [6.07, 6.45) is 7.12. The van der Waals surface area contributed by atoms with Crippen molar-refractivity contribution < 1.29 is 0 Å². The van der Waals surface area contributed by atoms with Gasteiger partial charge in [0.15, 0.2) is 11.6 Å². The standard InChI is InChI=1S/C29H19N7/c1-3-11-24-22(9-1)23-10-2-4-12-25(23)35(24)27-15-14-21(19-32-27)29-34-33-28(20-8-7-16-30-18-20)36(29)26-13-5-6-17-31-26/h1-19H. The van der Waals surface area contributed by atoms with Crippen molar-refractivity contribution in [3.63, 3.8) is 0 Å². The molecule has 0 saturated heterocycles. The fraction of sp³-hybridized carbons (Fsp3) is 0. The summed E-state index contributed by atoms with van der Waals surface area (Å²) in [7, 11) is 0. The highest BCUT2D eigenvalue weighted by Crippen LogP contribution is 2.32. The smallest absolute Gasteiger partial charge is 0.171 e. The van der Waals surface area contributed by atoms with E-state index in [-0.39, 0.29) is 0 Å². The Hall–Kier alpha value is -5.17. The van der Waals surface area contributed by atoms with Crippen molar-refractivity contribution in [2.45, 2.75) is 0 Å². The van der Waals surface area contributed by atoms with Crippen LogP contribution in [0.1, 0.15) is 0 Å². The lowest BCUT2D eigenvalue weighted by atomic mass is 10.2. The van der Waals surface area contributed by atoms with Gasteiger partial charge in [0.05, 0.1) is 11.0 Å². The molecule has 0 unspecified atom stereocenters. The molecule has 0 atom stereocenters. The van der Waals surface area contributed by atoms with Crippen LogP contribution >= 0.6 is 0 Å². The number of rotatable bonds is 4. The summed E-state index contributed by atoms with van der Waals surface area (Å²) < 4.78 is 4.13. The molecule has 5 aromatic heterocycles. The van der Waals surface area contributed by atoms with Gasteiger partial charge in [0, 0.05) is 46.7 Å². The maximum Gasteiger partial charge on any atom is 0.171 e. The SMILES string of the molecule is c1ccc(-n2c(-c3cccnc3)nnc2-c2ccc(-n3c4ccccc4c4ccccc43)nc2)nc1. The zero-order chi connectivity index (χ0) is 23.9. The fourth-order valence-corrected chi connectivity index (χ4v) is 4.68. The third-order valence-electron chi connectivity index (χ3n) is 6.28. The van der Waals surface area contributed by atoms with Crippen molar-refractivity contribution >= 4 is 21.8 Å². The summed E-state index contributed by atoms with van der Waals surface area (Å²) in [5.74, 6) is 2.90. The number of benzene rings is 2. The number of nitrogens with zero attached hydrogens (tertiary/aromatic N) is 7. The Morgan fingerprint density at radius 2 is 1.14 bits per heavy atom. The van der Waals surface area contributed by atoms with E-state index in [4.69, 9.17) is 4.98 Å². The lowest BCUT2D eigenvalue weighted by molar-refractivity contribution is 1.00. The van der Waals surface area contributed by atoms with Crippen molar-refractivity contribution in [1.82, 2.24) is 34.3 Å². The first-order valence-corrected chi connectivity index (χ1v) is 11.6. The maximum atomic E-state index is 4.86. The maximum absolute atomic E-state index is 4.86. The molecule has 0 saturated carbocycles. The van der Waals surface area contributed by atoms with Crippen molar-refractivity contribution in [3.05, 3.63) is 116 Å². The van der Waals surface area contributed by atoms with E-state index >= 15 is 0 Å². The Morgan fingerprint density at radius 1 is 0.472 bits per heavy atom. The molecule has 36 heavy (non-hydrogen) atoms. The molecule has 0 aliphatic heterocycles. The zero-order valence-corrected chi connectivity index (χ0v) is 19.1. The number of pyridine rings is 3. The van der Waals surface area contributed by atoms with E-state index in [1.54, 1.807) is 18.6 Å². The van der Waals surface area contributed by atoms with Gasteiger partial charge in [-0.2, -0.15) is 0 Å². The van der Waals surface area contributed by atoms with Crippen LogP contribution < -0.4 is 0 Å². The van der Waals surface area contributed by atoms with Gasteiger partial charge >= 0.3 is 0 Å². The second-order valence-corrected chi connectivity index (χ2v) is 8.39. The fourth-order valence-electron chi connectivity index (χ4n) is 4.68. The van der Waals surface area contributed by atoms with E-state index in [2.05, 4.69) is 73.3 Å². The van der Waals surface area contributed by atoms with E-state index in [0.717, 1.165) is 33.8 Å². The van der Waals surface area contributed by atoms with Crippen LogP contribution in [0.4, 0.5) is 0 Å². The highest BCUT2D eigenvalue weighted by atomic mass is 15.3. The van der Waals surface area contributed by atoms with Crippen LogP contribution in [-0.4, -0.2) is 34.3 Å². The third-order valence-corrected chi connectivity index (χ3v) is 6.28. The highest BCUT2D eigenvalue weighted by molar-refractivity contribution is 6.09. The molecular weight excluding hydrogens is 446 g/mol. The molecule has 0 radical (unpaired) electrons. The van der Waals surface area contributed by atoms with Crippen molar-refractivity contribution in [2.75, 3.05) is 0 Å². The number of fused-ring (bicyclic) bond motifs is 3. The van der Waals surface area contributed by atoms with Gasteiger partial charge in [-0.3, -0.25) is 14.1 Å². The third kappa shape index (κ3) is 3.18. The van der Waals surface area contributed by atoms with Crippen LogP contribution in [0.15, 0.2) is 116 Å². The van der Waals surface area contributed by atoms with Crippen LogP contribution in [-0.2, 0) is 0 Å². The van der Waals surface area contributed by atoms with Crippen molar-refractivity contribution in [1.29, 1.82) is 0 Å². The molecule has 0 bridgehead atoms. The normalized spacial score (nSPS) is 11.3. The Bertz CT molecular complexity index is 1770. The molecule has 0 N–H and O–H groups in total. The average Bonchev–Trinajstić information content (AvgIpc) is 3.54. The molecule has 7 aromatic rings. The van der Waals surface area contributed by atoms with Gasteiger partial charge in [-0.1, -0.05) is 42.5 Å². The lowest BCUT2D eigenvalue weighted by Gasteiger charge is -2.11. The molecule has 2 aromatic carbocycles. The minimum absolute atomic E-state index is 0.661. The quantitative estimate of drug-likeness (QED) is 0.324. The molecule has 0 spiro atoms. The number of aromatic nitrogens is 7. The van der Waals surface area contributed by atoms with E-state index in [0.29, 0.717) is 11.6 Å². The Kier molecular flexibility index (Phi) is 4.63. The lowest BCUT2D eigenvalue weighted by Crippen LogP contribution is -2.03. The van der Waals surface area contributed by atoms with Gasteiger partial charge in [0.25, 0.3) is 0 Å². The first kappa shape index (κ1) is 20.2. The van der Waals surface area contributed by atoms with Gasteiger partial charge in [0.1, 0.15) is 11.6 Å². The van der Waals surface area contributed by atoms with E-state index in [1.165, 1.54) is 10.8 Å². The number of hydrogen-bond donors (Lipinski definition) is 0. The summed E-state index contributed by atoms with van der Waals surface area (Å²) in [5.41, 5.74) is 3.94. The first-order chi connectivity index (χ1) is 17.9. The van der Waals surface area contributed by atoms with E-state index in [1.807, 2.05) is 53.2 Å². The van der Waals surface area contributed by atoms with Crippen LogP contribution in [0.2, 0.25) is 0 Å². The minimum Gasteiger partial charge on any atom is -0.294 e. The predicted molar refractivity (Wildman–Crippen MR) is 140 cm³/mol. The summed E-state index contributed by atoms with van der Waals surface area (Å²) >= 11 is 0. The van der Waals surface area contributed by atoms with Crippen molar-refractivity contribution in [3.8, 4) is 34.4 Å². The Morgan fingerprint density at radius 3 is 1.75 bits per heavy atom. The van der Waals surface area contributed by atoms with Crippen LogP contribution in [0, 0.1) is 0 Å². The molecule has 170 valence electrons. The first-order valence-electron chi connectivity index (χ1n) is 11.6. The van der Waals surface area contributed by atoms with Gasteiger partial charge in [0.2, 0.25) is 0 Å². The van der Waals surface area contributed by atoms with E-state index < -0.39 is 0 Å². The highest BCUT2D eigenvalue weighted by Gasteiger charge is 2.19. The Balaban J connectivity index is 1.39. The number of hydrogen-bond acceptors (Lipinski definition) is 5. The largest absolute Gasteiger partial charge is 0.294 e. The second kappa shape index (κ2) is 8.25. The minimum atomic E-state index is 0.661. The Labute approximate surface area is 206 Å². The van der Waals surface area contributed by atoms with Gasteiger partial charge in [-0.15, -0.1) is 10.2 Å². The summed E-state index contributed by atoms with van der Waals surface area (Å²) in [4.78, 5) is 13.7. The van der Waals surface area contributed by atoms with Gasteiger partial charge in [-0.05, 0) is 48.5 Å². The van der Waals surface area contributed by atoms with Crippen LogP contribution in [0.5, 0.6) is 0 Å². The number of para-hydroxylation sites is 2. The summed E-state index contributed by atoms with van der Waals surface area (Å²) in [6.45, 7) is 0. The van der Waals surface area contributed by atoms with Crippen LogP contribution in [0.3, 0.4) is 0 Å². The molecule has 7 heteroatoms. The van der Waals surface area contributed by atoms with E-state index in [9.17, 15) is 0 Å². The molecule has 0 aliphatic rings. The molecule has 5 heterocycles. The summed E-state index contributed by atoms with van der Waals surface area (Å²) in [6, 6.07) is 30.5. The summed E-state index contributed by atoms with van der Waals surface area (Å²) in [5, 5.41) is 11.4. The molecule has 0 amide bonds. The average molecular weight is 466 g/mol. The molecule has 0 fully saturated rings. The monoisotopic (exact) mass is 465 g/mol.